The Hall–Kier alpha value is -1.87. The lowest BCUT2D eigenvalue weighted by atomic mass is 10.0. The molecule has 96 valence electrons. The summed E-state index contributed by atoms with van der Waals surface area (Å²) in [6.07, 6.45) is 2.00. The Balaban J connectivity index is 2.25. The van der Waals surface area contributed by atoms with Gasteiger partial charge in [0.25, 0.3) is 0 Å². The van der Waals surface area contributed by atoms with Gasteiger partial charge >= 0.3 is 0 Å². The molecule has 2 aromatic carbocycles. The SMILES string of the molecule is CSc1ccc(C(=O)c2ccc(C(C)=O)cc2)cc1. The first-order valence-electron chi connectivity index (χ1n) is 5.91. The maximum Gasteiger partial charge on any atom is 0.193 e. The monoisotopic (exact) mass is 270 g/mol. The summed E-state index contributed by atoms with van der Waals surface area (Å²) in [5.74, 6) is -0.0222. The van der Waals surface area contributed by atoms with Crippen molar-refractivity contribution in [3.63, 3.8) is 0 Å². The fraction of sp³-hybridized carbons (Fsp3) is 0.125. The number of hydrogen-bond donors (Lipinski definition) is 0. The average Bonchev–Trinajstić information content (AvgIpc) is 2.46. The molecule has 0 bridgehead atoms. The first kappa shape index (κ1) is 13.6. The summed E-state index contributed by atoms with van der Waals surface area (Å²) < 4.78 is 0. The van der Waals surface area contributed by atoms with Crippen molar-refractivity contribution >= 4 is 23.3 Å². The highest BCUT2D eigenvalue weighted by Crippen LogP contribution is 2.17. The van der Waals surface area contributed by atoms with E-state index in [0.29, 0.717) is 16.7 Å². The molecule has 0 spiro atoms. The Morgan fingerprint density at radius 2 is 1.21 bits per heavy atom. The molecule has 0 heterocycles. The first-order chi connectivity index (χ1) is 9.11. The van der Waals surface area contributed by atoms with Crippen LogP contribution >= 0.6 is 11.8 Å². The van der Waals surface area contributed by atoms with Crippen LogP contribution in [0, 0.1) is 0 Å². The van der Waals surface area contributed by atoms with Crippen molar-refractivity contribution in [2.24, 2.45) is 0 Å². The van der Waals surface area contributed by atoms with Crippen molar-refractivity contribution < 1.29 is 9.59 Å². The summed E-state index contributed by atoms with van der Waals surface area (Å²) in [6, 6.07) is 14.3. The molecule has 2 rings (SSSR count). The zero-order valence-corrected chi connectivity index (χ0v) is 11.7. The van der Waals surface area contributed by atoms with Crippen molar-refractivity contribution in [3.05, 3.63) is 65.2 Å². The second-order valence-electron chi connectivity index (χ2n) is 4.19. The van der Waals surface area contributed by atoms with Crippen LogP contribution in [0.2, 0.25) is 0 Å². The molecule has 2 aromatic rings. The van der Waals surface area contributed by atoms with E-state index >= 15 is 0 Å². The second kappa shape index (κ2) is 5.85. The fourth-order valence-corrected chi connectivity index (χ4v) is 2.17. The Morgan fingerprint density at radius 1 is 0.789 bits per heavy atom. The molecule has 19 heavy (non-hydrogen) atoms. The molecule has 0 aromatic heterocycles. The summed E-state index contributed by atoms with van der Waals surface area (Å²) in [4.78, 5) is 24.5. The fourth-order valence-electron chi connectivity index (χ4n) is 1.77. The quantitative estimate of drug-likeness (QED) is 0.625. The van der Waals surface area contributed by atoms with Gasteiger partial charge in [-0.1, -0.05) is 24.3 Å². The van der Waals surface area contributed by atoms with Gasteiger partial charge in [0.1, 0.15) is 0 Å². The molecule has 0 fully saturated rings. The van der Waals surface area contributed by atoms with Gasteiger partial charge in [0, 0.05) is 21.6 Å². The van der Waals surface area contributed by atoms with E-state index in [9.17, 15) is 9.59 Å². The van der Waals surface area contributed by atoms with E-state index in [4.69, 9.17) is 0 Å². The normalized spacial score (nSPS) is 10.2. The molecule has 0 amide bonds. The van der Waals surface area contributed by atoms with E-state index in [-0.39, 0.29) is 11.6 Å². The molecule has 0 saturated heterocycles. The van der Waals surface area contributed by atoms with Gasteiger partial charge in [-0.05, 0) is 37.4 Å². The van der Waals surface area contributed by atoms with E-state index in [2.05, 4.69) is 0 Å². The number of rotatable bonds is 4. The molecule has 2 nitrogen and oxygen atoms in total. The number of Topliss-reactive ketones (excluding diaryl/α,β-unsaturated/α-hetero) is 1. The van der Waals surface area contributed by atoms with Gasteiger partial charge < -0.3 is 0 Å². The smallest absolute Gasteiger partial charge is 0.193 e. The Kier molecular flexibility index (Phi) is 4.17. The summed E-state index contributed by atoms with van der Waals surface area (Å²) in [6.45, 7) is 1.51. The number of hydrogen-bond acceptors (Lipinski definition) is 3. The molecule has 0 aliphatic heterocycles. The first-order valence-corrected chi connectivity index (χ1v) is 7.14. The molecular formula is C16H14O2S. The summed E-state index contributed by atoms with van der Waals surface area (Å²) in [5.41, 5.74) is 1.88. The van der Waals surface area contributed by atoms with Crippen LogP contribution in [0.25, 0.3) is 0 Å². The maximum atomic E-state index is 12.2. The number of carbonyl (C=O) groups is 2. The van der Waals surface area contributed by atoms with Crippen molar-refractivity contribution in [1.82, 2.24) is 0 Å². The van der Waals surface area contributed by atoms with Gasteiger partial charge in [0.15, 0.2) is 11.6 Å². The van der Waals surface area contributed by atoms with Crippen LogP contribution in [0.5, 0.6) is 0 Å². The Bertz CT molecular complexity index is 598. The molecule has 0 radical (unpaired) electrons. The Labute approximate surface area is 116 Å². The third-order valence-electron chi connectivity index (χ3n) is 2.91. The highest BCUT2D eigenvalue weighted by molar-refractivity contribution is 7.98. The van der Waals surface area contributed by atoms with Crippen LogP contribution in [-0.4, -0.2) is 17.8 Å². The zero-order chi connectivity index (χ0) is 13.8. The average molecular weight is 270 g/mol. The topological polar surface area (TPSA) is 34.1 Å². The molecule has 3 heteroatoms. The minimum Gasteiger partial charge on any atom is -0.295 e. The van der Waals surface area contributed by atoms with Crippen LogP contribution in [-0.2, 0) is 0 Å². The van der Waals surface area contributed by atoms with Gasteiger partial charge in [-0.3, -0.25) is 9.59 Å². The molecular weight excluding hydrogens is 256 g/mol. The summed E-state index contributed by atoms with van der Waals surface area (Å²) in [5, 5.41) is 0. The predicted octanol–water partition coefficient (Wildman–Crippen LogP) is 3.84. The largest absolute Gasteiger partial charge is 0.295 e. The third-order valence-corrected chi connectivity index (χ3v) is 3.65. The molecule has 0 N–H and O–H groups in total. The highest BCUT2D eigenvalue weighted by atomic mass is 32.2. The van der Waals surface area contributed by atoms with Gasteiger partial charge in [0.05, 0.1) is 0 Å². The van der Waals surface area contributed by atoms with Crippen molar-refractivity contribution in [3.8, 4) is 0 Å². The Morgan fingerprint density at radius 3 is 1.63 bits per heavy atom. The van der Waals surface area contributed by atoms with Crippen molar-refractivity contribution in [1.29, 1.82) is 0 Å². The number of thioether (sulfide) groups is 1. The highest BCUT2D eigenvalue weighted by Gasteiger charge is 2.09. The molecule has 0 aliphatic rings. The van der Waals surface area contributed by atoms with Crippen molar-refractivity contribution in [2.75, 3.05) is 6.26 Å². The summed E-state index contributed by atoms with van der Waals surface area (Å²) >= 11 is 1.64. The standard InChI is InChI=1S/C16H14O2S/c1-11(17)12-3-5-13(6-4-12)16(18)14-7-9-15(19-2)10-8-14/h3-10H,1-2H3. The summed E-state index contributed by atoms with van der Waals surface area (Å²) in [7, 11) is 0. The van der Waals surface area contributed by atoms with E-state index < -0.39 is 0 Å². The predicted molar refractivity (Wildman–Crippen MR) is 78.1 cm³/mol. The van der Waals surface area contributed by atoms with Gasteiger partial charge in [-0.2, -0.15) is 0 Å². The van der Waals surface area contributed by atoms with Crippen LogP contribution in [0.3, 0.4) is 0 Å². The van der Waals surface area contributed by atoms with E-state index in [0.717, 1.165) is 4.90 Å². The second-order valence-corrected chi connectivity index (χ2v) is 5.07. The third kappa shape index (κ3) is 3.12. The zero-order valence-electron chi connectivity index (χ0n) is 10.8. The van der Waals surface area contributed by atoms with Crippen molar-refractivity contribution in [2.45, 2.75) is 11.8 Å². The maximum absolute atomic E-state index is 12.2. The van der Waals surface area contributed by atoms with Gasteiger partial charge in [0.2, 0.25) is 0 Å². The minimum absolute atomic E-state index is 0.00308. The molecule has 0 saturated carbocycles. The van der Waals surface area contributed by atoms with E-state index in [1.165, 1.54) is 6.92 Å². The van der Waals surface area contributed by atoms with Crippen LogP contribution in [0.4, 0.5) is 0 Å². The van der Waals surface area contributed by atoms with Gasteiger partial charge in [-0.25, -0.2) is 0 Å². The molecule has 0 aliphatic carbocycles. The lowest BCUT2D eigenvalue weighted by Crippen LogP contribution is -2.02. The van der Waals surface area contributed by atoms with E-state index in [1.807, 2.05) is 30.5 Å². The lowest BCUT2D eigenvalue weighted by molar-refractivity contribution is 0.101. The molecule has 0 unspecified atom stereocenters. The molecule has 0 atom stereocenters. The minimum atomic E-state index is -0.0252. The number of benzene rings is 2. The number of carbonyl (C=O) groups excluding carboxylic acids is 2. The van der Waals surface area contributed by atoms with Gasteiger partial charge in [-0.15, -0.1) is 11.8 Å². The lowest BCUT2D eigenvalue weighted by Gasteiger charge is -2.03. The van der Waals surface area contributed by atoms with E-state index in [1.54, 1.807) is 36.0 Å². The number of ketones is 2. The van der Waals surface area contributed by atoms with Crippen LogP contribution in [0.15, 0.2) is 53.4 Å². The van der Waals surface area contributed by atoms with Crippen LogP contribution < -0.4 is 0 Å². The van der Waals surface area contributed by atoms with Crippen LogP contribution in [0.1, 0.15) is 33.2 Å².